The summed E-state index contributed by atoms with van der Waals surface area (Å²) in [4.78, 5) is 12.3. The smallest absolute Gasteiger partial charge is 0.342 e. The summed E-state index contributed by atoms with van der Waals surface area (Å²) in [7, 11) is 0. The SMILES string of the molecule is CC(C)n1ccc2c(-c3ccc(C(=O)OC(C)(C)C)c(O)c3)cc(C#N)cc21. The van der Waals surface area contributed by atoms with Gasteiger partial charge in [-0.1, -0.05) is 6.07 Å². The lowest BCUT2D eigenvalue weighted by atomic mass is 9.97. The van der Waals surface area contributed by atoms with E-state index in [1.54, 1.807) is 45.0 Å². The monoisotopic (exact) mass is 376 g/mol. The van der Waals surface area contributed by atoms with Gasteiger partial charge in [0, 0.05) is 17.6 Å². The van der Waals surface area contributed by atoms with Crippen molar-refractivity contribution in [1.29, 1.82) is 5.26 Å². The Bertz CT molecular complexity index is 1100. The number of carbonyl (C=O) groups excluding carboxylic acids is 1. The van der Waals surface area contributed by atoms with Crippen molar-refractivity contribution in [3.05, 3.63) is 53.7 Å². The summed E-state index contributed by atoms with van der Waals surface area (Å²) in [6.45, 7) is 9.50. The maximum Gasteiger partial charge on any atom is 0.342 e. The average molecular weight is 376 g/mol. The van der Waals surface area contributed by atoms with E-state index < -0.39 is 11.6 Å². The van der Waals surface area contributed by atoms with Crippen LogP contribution >= 0.6 is 0 Å². The minimum absolute atomic E-state index is 0.117. The highest BCUT2D eigenvalue weighted by Gasteiger charge is 2.21. The van der Waals surface area contributed by atoms with Crippen LogP contribution in [0.1, 0.15) is 56.6 Å². The maximum absolute atomic E-state index is 12.3. The molecule has 5 heteroatoms. The predicted molar refractivity (Wildman–Crippen MR) is 109 cm³/mol. The molecule has 0 amide bonds. The molecule has 0 aliphatic rings. The van der Waals surface area contributed by atoms with Gasteiger partial charge in [-0.15, -0.1) is 0 Å². The molecular weight excluding hydrogens is 352 g/mol. The van der Waals surface area contributed by atoms with E-state index in [4.69, 9.17) is 4.74 Å². The lowest BCUT2D eigenvalue weighted by Gasteiger charge is -2.20. The molecular formula is C23H24N2O3. The van der Waals surface area contributed by atoms with E-state index in [-0.39, 0.29) is 17.4 Å². The van der Waals surface area contributed by atoms with Crippen LogP contribution in [0.4, 0.5) is 0 Å². The molecule has 2 aromatic carbocycles. The van der Waals surface area contributed by atoms with Crippen LogP contribution in [-0.4, -0.2) is 21.2 Å². The Morgan fingerprint density at radius 2 is 1.89 bits per heavy atom. The molecule has 5 nitrogen and oxygen atoms in total. The Hall–Kier alpha value is -3.26. The highest BCUT2D eigenvalue weighted by molar-refractivity contribution is 5.99. The molecule has 0 spiro atoms. The van der Waals surface area contributed by atoms with Crippen molar-refractivity contribution in [1.82, 2.24) is 4.57 Å². The van der Waals surface area contributed by atoms with Crippen LogP contribution < -0.4 is 0 Å². The van der Waals surface area contributed by atoms with Crippen LogP contribution in [0.2, 0.25) is 0 Å². The number of hydrogen-bond donors (Lipinski definition) is 1. The number of phenolic OH excluding ortho intramolecular Hbond substituents is 1. The first-order valence-corrected chi connectivity index (χ1v) is 9.22. The molecule has 0 radical (unpaired) electrons. The van der Waals surface area contributed by atoms with Crippen LogP contribution in [0.15, 0.2) is 42.6 Å². The van der Waals surface area contributed by atoms with Crippen molar-refractivity contribution in [2.24, 2.45) is 0 Å². The van der Waals surface area contributed by atoms with Gasteiger partial charge in [-0.25, -0.2) is 4.79 Å². The quantitative estimate of drug-likeness (QED) is 0.619. The molecule has 0 aliphatic heterocycles. The summed E-state index contributed by atoms with van der Waals surface area (Å²) in [5.74, 6) is -0.719. The van der Waals surface area contributed by atoms with Crippen LogP contribution in [0.3, 0.4) is 0 Å². The lowest BCUT2D eigenvalue weighted by Crippen LogP contribution is -2.23. The number of nitriles is 1. The van der Waals surface area contributed by atoms with Gasteiger partial charge < -0.3 is 14.4 Å². The van der Waals surface area contributed by atoms with Gasteiger partial charge in [-0.3, -0.25) is 0 Å². The number of hydrogen-bond acceptors (Lipinski definition) is 4. The van der Waals surface area contributed by atoms with Crippen molar-refractivity contribution in [2.75, 3.05) is 0 Å². The molecule has 3 aromatic rings. The van der Waals surface area contributed by atoms with Crippen LogP contribution in [0, 0.1) is 11.3 Å². The van der Waals surface area contributed by atoms with Crippen molar-refractivity contribution >= 4 is 16.9 Å². The van der Waals surface area contributed by atoms with E-state index >= 15 is 0 Å². The highest BCUT2D eigenvalue weighted by atomic mass is 16.6. The Morgan fingerprint density at radius 3 is 2.46 bits per heavy atom. The van der Waals surface area contributed by atoms with Crippen LogP contribution in [-0.2, 0) is 4.74 Å². The fourth-order valence-corrected chi connectivity index (χ4v) is 3.22. The van der Waals surface area contributed by atoms with Gasteiger partial charge in [0.2, 0.25) is 0 Å². The Balaban J connectivity index is 2.12. The van der Waals surface area contributed by atoms with Crippen molar-refractivity contribution in [3.8, 4) is 22.9 Å². The Kier molecular flexibility index (Phi) is 4.91. The molecule has 1 N–H and O–H groups in total. The first-order valence-electron chi connectivity index (χ1n) is 9.22. The minimum atomic E-state index is -0.644. The number of ether oxygens (including phenoxy) is 1. The number of fused-ring (bicyclic) bond motifs is 1. The number of phenols is 1. The van der Waals surface area contributed by atoms with Gasteiger partial charge in [0.05, 0.1) is 17.1 Å². The molecule has 3 rings (SSSR count). The van der Waals surface area contributed by atoms with E-state index in [1.807, 2.05) is 18.3 Å². The van der Waals surface area contributed by atoms with Gasteiger partial charge in [-0.2, -0.15) is 5.26 Å². The van der Waals surface area contributed by atoms with E-state index in [2.05, 4.69) is 24.5 Å². The number of benzene rings is 2. The van der Waals surface area contributed by atoms with Gasteiger partial charge in [-0.05, 0) is 76.1 Å². The summed E-state index contributed by atoms with van der Waals surface area (Å²) >= 11 is 0. The molecule has 144 valence electrons. The normalized spacial score (nSPS) is 11.6. The fourth-order valence-electron chi connectivity index (χ4n) is 3.22. The molecule has 1 aromatic heterocycles. The minimum Gasteiger partial charge on any atom is -0.507 e. The fraction of sp³-hybridized carbons (Fsp3) is 0.304. The third kappa shape index (κ3) is 3.72. The molecule has 0 aliphatic carbocycles. The van der Waals surface area contributed by atoms with E-state index in [1.165, 1.54) is 0 Å². The second-order valence-electron chi connectivity index (χ2n) is 8.12. The number of rotatable bonds is 3. The summed E-state index contributed by atoms with van der Waals surface area (Å²) in [6, 6.07) is 13.0. The lowest BCUT2D eigenvalue weighted by molar-refractivity contribution is 0.00668. The van der Waals surface area contributed by atoms with Crippen LogP contribution in [0.25, 0.3) is 22.0 Å². The van der Waals surface area contributed by atoms with Gasteiger partial charge in [0.15, 0.2) is 0 Å². The maximum atomic E-state index is 12.3. The van der Waals surface area contributed by atoms with Gasteiger partial charge in [0.1, 0.15) is 16.9 Å². The zero-order chi connectivity index (χ0) is 20.6. The van der Waals surface area contributed by atoms with Gasteiger partial charge >= 0.3 is 5.97 Å². The zero-order valence-electron chi connectivity index (χ0n) is 16.8. The van der Waals surface area contributed by atoms with Crippen molar-refractivity contribution < 1.29 is 14.6 Å². The summed E-state index contributed by atoms with van der Waals surface area (Å²) in [5.41, 5.74) is 2.53. The molecule has 0 fully saturated rings. The summed E-state index contributed by atoms with van der Waals surface area (Å²) in [6.07, 6.45) is 1.99. The highest BCUT2D eigenvalue weighted by Crippen LogP contribution is 2.35. The standard InChI is InChI=1S/C23H24N2O3/c1-14(2)25-9-8-17-19(10-15(13-24)11-20(17)25)16-6-7-18(21(26)12-16)22(27)28-23(3,4)5/h6-12,14,26H,1-5H3. The van der Waals surface area contributed by atoms with E-state index in [9.17, 15) is 15.2 Å². The molecule has 0 unspecified atom stereocenters. The summed E-state index contributed by atoms with van der Waals surface area (Å²) in [5, 5.41) is 20.9. The zero-order valence-corrected chi connectivity index (χ0v) is 16.8. The van der Waals surface area contributed by atoms with Crippen molar-refractivity contribution in [3.63, 3.8) is 0 Å². The molecule has 0 saturated carbocycles. The third-order valence-corrected chi connectivity index (χ3v) is 4.45. The number of aromatic hydroxyl groups is 1. The Labute approximate surface area is 164 Å². The largest absolute Gasteiger partial charge is 0.507 e. The first kappa shape index (κ1) is 19.5. The number of nitrogens with zero attached hydrogens (tertiary/aromatic N) is 2. The third-order valence-electron chi connectivity index (χ3n) is 4.45. The summed E-state index contributed by atoms with van der Waals surface area (Å²) < 4.78 is 7.45. The van der Waals surface area contributed by atoms with Crippen LogP contribution in [0.5, 0.6) is 5.75 Å². The van der Waals surface area contributed by atoms with Gasteiger partial charge in [0.25, 0.3) is 0 Å². The van der Waals surface area contributed by atoms with E-state index in [0.29, 0.717) is 5.56 Å². The molecule has 1 heterocycles. The number of esters is 1. The molecule has 0 bridgehead atoms. The predicted octanol–water partition coefficient (Wildman–Crippen LogP) is 5.42. The molecule has 0 saturated heterocycles. The topological polar surface area (TPSA) is 75.2 Å². The first-order chi connectivity index (χ1) is 13.1. The Morgan fingerprint density at radius 1 is 1.18 bits per heavy atom. The second-order valence-corrected chi connectivity index (χ2v) is 8.12. The second kappa shape index (κ2) is 7.05. The average Bonchev–Trinajstić information content (AvgIpc) is 3.03. The van der Waals surface area contributed by atoms with Crippen molar-refractivity contribution in [2.45, 2.75) is 46.3 Å². The number of aromatic nitrogens is 1. The van der Waals surface area contributed by atoms with E-state index in [0.717, 1.165) is 22.0 Å². The molecule has 0 atom stereocenters. The number of carbonyl (C=O) groups is 1. The molecule has 28 heavy (non-hydrogen) atoms.